The second-order valence-electron chi connectivity index (χ2n) is 6.28. The van der Waals surface area contributed by atoms with Crippen LogP contribution in [0.1, 0.15) is 6.92 Å². The van der Waals surface area contributed by atoms with E-state index in [9.17, 15) is 0 Å². The summed E-state index contributed by atoms with van der Waals surface area (Å²) in [5.41, 5.74) is 7.88. The van der Waals surface area contributed by atoms with Crippen molar-refractivity contribution >= 4 is 45.6 Å². The summed E-state index contributed by atoms with van der Waals surface area (Å²) >= 11 is 13.1. The first-order chi connectivity index (χ1) is 13.3. The van der Waals surface area contributed by atoms with Gasteiger partial charge in [0.2, 0.25) is 0 Å². The Hall–Kier alpha value is -2.70. The van der Waals surface area contributed by atoms with Crippen LogP contribution in [0.25, 0.3) is 22.0 Å². The standard InChI is InChI=1S/C20H20Cl2N4O2/c1-10(2)8-25-20-12-6-16(23)24-9-11(12)5-13(26-20)17-18(21)14(27-3)7-15(28-4)19(17)22/h5-7,9H,1,8H2,2-4H3,(H2,23,24)(H,25,26). The van der Waals surface area contributed by atoms with E-state index in [4.69, 9.17) is 43.4 Å². The Morgan fingerprint density at radius 2 is 1.79 bits per heavy atom. The molecule has 0 unspecified atom stereocenters. The molecule has 3 rings (SSSR count). The number of anilines is 2. The van der Waals surface area contributed by atoms with Crippen molar-refractivity contribution in [3.8, 4) is 22.8 Å². The zero-order valence-electron chi connectivity index (χ0n) is 15.8. The number of nitrogens with two attached hydrogens (primary N) is 1. The first-order valence-corrected chi connectivity index (χ1v) is 9.16. The smallest absolute Gasteiger partial charge is 0.141 e. The van der Waals surface area contributed by atoms with Crippen LogP contribution in [-0.4, -0.2) is 30.7 Å². The van der Waals surface area contributed by atoms with Gasteiger partial charge in [-0.1, -0.05) is 35.4 Å². The minimum absolute atomic E-state index is 0.342. The quantitative estimate of drug-likeness (QED) is 0.535. The summed E-state index contributed by atoms with van der Waals surface area (Å²) in [6.45, 7) is 6.40. The number of nitrogens with zero attached hydrogens (tertiary/aromatic N) is 2. The molecule has 0 aliphatic heterocycles. The van der Waals surface area contributed by atoms with Gasteiger partial charge < -0.3 is 20.5 Å². The van der Waals surface area contributed by atoms with E-state index in [0.717, 1.165) is 16.3 Å². The van der Waals surface area contributed by atoms with E-state index in [2.05, 4.69) is 16.9 Å². The molecule has 6 nitrogen and oxygen atoms in total. The van der Waals surface area contributed by atoms with Crippen LogP contribution in [-0.2, 0) is 0 Å². The summed E-state index contributed by atoms with van der Waals surface area (Å²) in [6, 6.07) is 5.25. The Bertz CT molecular complexity index is 1040. The number of halogens is 2. The van der Waals surface area contributed by atoms with E-state index in [-0.39, 0.29) is 0 Å². The van der Waals surface area contributed by atoms with Crippen LogP contribution in [0.4, 0.5) is 11.6 Å². The highest BCUT2D eigenvalue weighted by atomic mass is 35.5. The number of methoxy groups -OCH3 is 2. The van der Waals surface area contributed by atoms with Crippen LogP contribution < -0.4 is 20.5 Å². The van der Waals surface area contributed by atoms with E-state index in [1.54, 1.807) is 18.3 Å². The third-order valence-electron chi connectivity index (χ3n) is 4.12. The van der Waals surface area contributed by atoms with Crippen molar-refractivity contribution in [2.24, 2.45) is 0 Å². The van der Waals surface area contributed by atoms with E-state index in [1.807, 2.05) is 13.0 Å². The number of hydrogen-bond donors (Lipinski definition) is 2. The average Bonchev–Trinajstić information content (AvgIpc) is 2.66. The third-order valence-corrected chi connectivity index (χ3v) is 4.87. The highest BCUT2D eigenvalue weighted by Crippen LogP contribution is 2.46. The number of rotatable bonds is 6. The highest BCUT2D eigenvalue weighted by Gasteiger charge is 2.21. The van der Waals surface area contributed by atoms with Crippen molar-refractivity contribution < 1.29 is 9.47 Å². The summed E-state index contributed by atoms with van der Waals surface area (Å²) in [5.74, 6) is 1.90. The van der Waals surface area contributed by atoms with Gasteiger partial charge in [0.15, 0.2) is 0 Å². The molecule has 0 aliphatic carbocycles. The van der Waals surface area contributed by atoms with Crippen LogP contribution in [0.15, 0.2) is 36.5 Å². The molecular formula is C20H20Cl2N4O2. The number of hydrogen-bond acceptors (Lipinski definition) is 6. The van der Waals surface area contributed by atoms with Crippen LogP contribution in [0.2, 0.25) is 10.0 Å². The molecule has 0 amide bonds. The van der Waals surface area contributed by atoms with Crippen molar-refractivity contribution in [3.63, 3.8) is 0 Å². The number of fused-ring (bicyclic) bond motifs is 1. The molecular weight excluding hydrogens is 399 g/mol. The first-order valence-electron chi connectivity index (χ1n) is 8.40. The fraction of sp³-hybridized carbons (Fsp3) is 0.200. The lowest BCUT2D eigenvalue weighted by Gasteiger charge is -2.16. The van der Waals surface area contributed by atoms with Crippen LogP contribution in [0.5, 0.6) is 11.5 Å². The molecule has 1 aromatic carbocycles. The summed E-state index contributed by atoms with van der Waals surface area (Å²) in [4.78, 5) is 8.92. The molecule has 2 heterocycles. The van der Waals surface area contributed by atoms with Crippen LogP contribution >= 0.6 is 23.2 Å². The van der Waals surface area contributed by atoms with Crippen LogP contribution in [0, 0.1) is 0 Å². The maximum atomic E-state index is 6.56. The number of nitrogen functional groups attached to an aromatic ring is 1. The SMILES string of the molecule is C=C(C)CNc1nc(-c2c(Cl)c(OC)cc(OC)c2Cl)cc2cnc(N)cc12. The number of aromatic nitrogens is 2. The number of benzene rings is 1. The first kappa shape index (κ1) is 20.0. The van der Waals surface area contributed by atoms with E-state index in [1.165, 1.54) is 14.2 Å². The van der Waals surface area contributed by atoms with E-state index < -0.39 is 0 Å². The lowest BCUT2D eigenvalue weighted by Crippen LogP contribution is -2.06. The molecule has 146 valence electrons. The van der Waals surface area contributed by atoms with Gasteiger partial charge in [-0.25, -0.2) is 9.97 Å². The molecule has 3 aromatic rings. The van der Waals surface area contributed by atoms with Crippen molar-refractivity contribution in [1.29, 1.82) is 0 Å². The zero-order chi connectivity index (χ0) is 20.4. The molecule has 0 atom stereocenters. The maximum absolute atomic E-state index is 6.56. The summed E-state index contributed by atoms with van der Waals surface area (Å²) in [7, 11) is 3.05. The number of pyridine rings is 2. The summed E-state index contributed by atoms with van der Waals surface area (Å²) in [6.07, 6.45) is 1.68. The molecule has 28 heavy (non-hydrogen) atoms. The van der Waals surface area contributed by atoms with E-state index >= 15 is 0 Å². The van der Waals surface area contributed by atoms with Gasteiger partial charge in [0.1, 0.15) is 23.1 Å². The molecule has 0 aliphatic rings. The van der Waals surface area contributed by atoms with Crippen molar-refractivity contribution in [2.75, 3.05) is 31.8 Å². The van der Waals surface area contributed by atoms with Crippen molar-refractivity contribution in [2.45, 2.75) is 6.92 Å². The van der Waals surface area contributed by atoms with Gasteiger partial charge in [0.25, 0.3) is 0 Å². The lowest BCUT2D eigenvalue weighted by atomic mass is 10.1. The molecule has 0 radical (unpaired) electrons. The van der Waals surface area contributed by atoms with Crippen LogP contribution in [0.3, 0.4) is 0 Å². The van der Waals surface area contributed by atoms with Gasteiger partial charge >= 0.3 is 0 Å². The third kappa shape index (κ3) is 3.79. The lowest BCUT2D eigenvalue weighted by molar-refractivity contribution is 0.395. The Morgan fingerprint density at radius 1 is 1.14 bits per heavy atom. The minimum atomic E-state index is 0.342. The van der Waals surface area contributed by atoms with Crippen molar-refractivity contribution in [3.05, 3.63) is 46.6 Å². The fourth-order valence-corrected chi connectivity index (χ4v) is 3.46. The predicted octanol–water partition coefficient (Wildman–Crippen LogP) is 5.19. The normalized spacial score (nSPS) is 10.8. The summed E-state index contributed by atoms with van der Waals surface area (Å²) < 4.78 is 10.7. The average molecular weight is 419 g/mol. The monoisotopic (exact) mass is 418 g/mol. The molecule has 8 heteroatoms. The van der Waals surface area contributed by atoms with Gasteiger partial charge in [-0.3, -0.25) is 0 Å². The van der Waals surface area contributed by atoms with Gasteiger partial charge in [-0.05, 0) is 19.1 Å². The zero-order valence-corrected chi connectivity index (χ0v) is 17.3. The molecule has 2 aromatic heterocycles. The van der Waals surface area contributed by atoms with Crippen molar-refractivity contribution in [1.82, 2.24) is 9.97 Å². The molecule has 0 bridgehead atoms. The second-order valence-corrected chi connectivity index (χ2v) is 7.04. The fourth-order valence-electron chi connectivity index (χ4n) is 2.77. The largest absolute Gasteiger partial charge is 0.495 e. The molecule has 0 spiro atoms. The minimum Gasteiger partial charge on any atom is -0.495 e. The Balaban J connectivity index is 2.29. The van der Waals surface area contributed by atoms with Gasteiger partial charge in [0.05, 0.1) is 30.0 Å². The van der Waals surface area contributed by atoms with Gasteiger partial charge in [-0.2, -0.15) is 0 Å². The second kappa shape index (κ2) is 8.12. The number of ether oxygens (including phenoxy) is 2. The Kier molecular flexibility index (Phi) is 5.82. The molecule has 3 N–H and O–H groups in total. The molecule has 0 saturated heterocycles. The molecule has 0 fully saturated rings. The van der Waals surface area contributed by atoms with Gasteiger partial charge in [0, 0.05) is 35.1 Å². The topological polar surface area (TPSA) is 82.3 Å². The highest BCUT2D eigenvalue weighted by molar-refractivity contribution is 6.41. The Morgan fingerprint density at radius 3 is 2.36 bits per heavy atom. The Labute approximate surface area is 173 Å². The maximum Gasteiger partial charge on any atom is 0.141 e. The van der Waals surface area contributed by atoms with Gasteiger partial charge in [-0.15, -0.1) is 0 Å². The van der Waals surface area contributed by atoms with E-state index in [0.29, 0.717) is 51.0 Å². The summed E-state index contributed by atoms with van der Waals surface area (Å²) in [5, 5.41) is 5.63. The number of nitrogens with one attached hydrogen (secondary N) is 1. The predicted molar refractivity (Wildman–Crippen MR) is 116 cm³/mol. The molecule has 0 saturated carbocycles.